The van der Waals surface area contributed by atoms with Crippen LogP contribution in [0.15, 0.2) is 46.4 Å². The molecule has 2 aromatic heterocycles. The Labute approximate surface area is 175 Å². The van der Waals surface area contributed by atoms with Crippen LogP contribution < -0.4 is 0 Å². The average Bonchev–Trinajstić information content (AvgIpc) is 3.45. The van der Waals surface area contributed by atoms with Crippen LogP contribution in [-0.4, -0.2) is 31.3 Å². The van der Waals surface area contributed by atoms with E-state index in [2.05, 4.69) is 12.1 Å². The number of ether oxygens (including phenoxy) is 2. The summed E-state index contributed by atoms with van der Waals surface area (Å²) in [5.74, 6) is -5.83. The number of hydrogen-bond donors (Lipinski definition) is 1. The molecule has 0 radical (unpaired) electrons. The third-order valence-corrected chi connectivity index (χ3v) is 6.94. The highest BCUT2D eigenvalue weighted by molar-refractivity contribution is 7.10. The fraction of sp³-hybridized carbons (Fsp3) is 0.300. The maximum atomic E-state index is 12.7. The molecule has 29 heavy (non-hydrogen) atoms. The van der Waals surface area contributed by atoms with Gasteiger partial charge in [0, 0.05) is 15.7 Å². The smallest absolute Gasteiger partial charge is 0.337 e. The van der Waals surface area contributed by atoms with E-state index in [0.29, 0.717) is 9.75 Å². The second kappa shape index (κ2) is 8.08. The minimum absolute atomic E-state index is 0.277. The number of carbonyl (C=O) groups is 2. The molecule has 2 aromatic rings. The third kappa shape index (κ3) is 3.09. The molecule has 0 aromatic carbocycles. The van der Waals surface area contributed by atoms with Gasteiger partial charge in [-0.25, -0.2) is 4.79 Å². The molecule has 9 heteroatoms. The van der Waals surface area contributed by atoms with E-state index in [-0.39, 0.29) is 5.57 Å². The zero-order valence-corrected chi connectivity index (χ0v) is 17.1. The molecule has 7 nitrogen and oxygen atoms in total. The van der Waals surface area contributed by atoms with Gasteiger partial charge in [0.15, 0.2) is 5.41 Å². The number of thiophene rings is 2. The Morgan fingerprint density at radius 2 is 1.66 bits per heavy atom. The SMILES string of the molecule is COC(=O)C1=C(O)[C@H](C(=O)OC)[C@H](c2cccs2)C(C#N)(C#N)[C@@H]1c1cccs1. The van der Waals surface area contributed by atoms with Crippen molar-refractivity contribution in [2.75, 3.05) is 14.2 Å². The van der Waals surface area contributed by atoms with E-state index in [1.54, 1.807) is 35.0 Å². The number of aliphatic hydroxyl groups excluding tert-OH is 1. The average molecular weight is 428 g/mol. The van der Waals surface area contributed by atoms with Crippen molar-refractivity contribution >= 4 is 34.6 Å². The highest BCUT2D eigenvalue weighted by atomic mass is 32.1. The van der Waals surface area contributed by atoms with Crippen LogP contribution in [0.5, 0.6) is 0 Å². The number of nitriles is 2. The largest absolute Gasteiger partial charge is 0.511 e. The standard InChI is InChI=1S/C20H16N2O5S2/c1-26-18(24)13-15(11-5-3-7-28-11)20(9-21,10-22)16(12-6-4-8-29-12)14(17(13)23)19(25)27-2/h3-8,13,15-16,23H,1-2H3/t13-,15+,16-/m1/s1. The first kappa shape index (κ1) is 20.6. The fourth-order valence-electron chi connectivity index (χ4n) is 3.82. The fourth-order valence-corrected chi connectivity index (χ4v) is 5.67. The molecule has 1 aliphatic carbocycles. The van der Waals surface area contributed by atoms with Crippen LogP contribution in [0.1, 0.15) is 21.6 Å². The Kier molecular flexibility index (Phi) is 5.73. The number of aliphatic hydroxyl groups is 1. The summed E-state index contributed by atoms with van der Waals surface area (Å²) in [4.78, 5) is 26.4. The van der Waals surface area contributed by atoms with Crippen LogP contribution in [0.25, 0.3) is 0 Å². The van der Waals surface area contributed by atoms with Gasteiger partial charge in [0.2, 0.25) is 0 Å². The lowest BCUT2D eigenvalue weighted by Gasteiger charge is -2.43. The predicted octanol–water partition coefficient (Wildman–Crippen LogP) is 3.50. The van der Waals surface area contributed by atoms with Gasteiger partial charge in [-0.15, -0.1) is 22.7 Å². The summed E-state index contributed by atoms with van der Waals surface area (Å²) in [6, 6.07) is 11.0. The summed E-state index contributed by atoms with van der Waals surface area (Å²) in [6.45, 7) is 0. The van der Waals surface area contributed by atoms with Gasteiger partial charge in [-0.3, -0.25) is 4.79 Å². The lowest BCUT2D eigenvalue weighted by Crippen LogP contribution is -2.46. The minimum atomic E-state index is -1.86. The van der Waals surface area contributed by atoms with Crippen molar-refractivity contribution in [3.8, 4) is 12.1 Å². The van der Waals surface area contributed by atoms with Crippen molar-refractivity contribution in [3.63, 3.8) is 0 Å². The van der Waals surface area contributed by atoms with E-state index in [9.17, 15) is 25.2 Å². The molecule has 148 valence electrons. The van der Waals surface area contributed by atoms with E-state index >= 15 is 0 Å². The van der Waals surface area contributed by atoms with Crippen LogP contribution in [0.4, 0.5) is 0 Å². The highest BCUT2D eigenvalue weighted by Gasteiger charge is 2.62. The zero-order chi connectivity index (χ0) is 21.2. The number of rotatable bonds is 4. The summed E-state index contributed by atoms with van der Waals surface area (Å²) in [5.41, 5.74) is -2.13. The molecular weight excluding hydrogens is 412 g/mol. The topological polar surface area (TPSA) is 120 Å². The number of hydrogen-bond acceptors (Lipinski definition) is 9. The molecular formula is C20H16N2O5S2. The van der Waals surface area contributed by atoms with E-state index in [1.165, 1.54) is 22.7 Å². The molecule has 0 aliphatic heterocycles. The van der Waals surface area contributed by atoms with Gasteiger partial charge in [-0.1, -0.05) is 12.1 Å². The maximum Gasteiger partial charge on any atom is 0.337 e. The van der Waals surface area contributed by atoms with E-state index in [4.69, 9.17) is 9.47 Å². The zero-order valence-electron chi connectivity index (χ0n) is 15.5. The van der Waals surface area contributed by atoms with Gasteiger partial charge in [-0.2, -0.15) is 10.5 Å². The lowest BCUT2D eigenvalue weighted by molar-refractivity contribution is -0.147. The molecule has 0 amide bonds. The third-order valence-electron chi connectivity index (χ3n) is 5.05. The lowest BCUT2D eigenvalue weighted by atomic mass is 9.56. The molecule has 1 N–H and O–H groups in total. The molecule has 0 unspecified atom stereocenters. The van der Waals surface area contributed by atoms with Crippen LogP contribution in [0, 0.1) is 34.0 Å². The first-order valence-electron chi connectivity index (χ1n) is 8.45. The monoisotopic (exact) mass is 428 g/mol. The van der Waals surface area contributed by atoms with E-state index in [1.807, 2.05) is 0 Å². The molecule has 0 saturated carbocycles. The molecule has 0 fully saturated rings. The molecule has 3 rings (SSSR count). The highest BCUT2D eigenvalue weighted by Crippen LogP contribution is 2.60. The van der Waals surface area contributed by atoms with Gasteiger partial charge in [0.05, 0.1) is 37.8 Å². The van der Waals surface area contributed by atoms with Crippen LogP contribution >= 0.6 is 22.7 Å². The number of esters is 2. The van der Waals surface area contributed by atoms with Gasteiger partial charge in [0.25, 0.3) is 0 Å². The molecule has 1 aliphatic rings. The number of methoxy groups -OCH3 is 2. The minimum Gasteiger partial charge on any atom is -0.511 e. The van der Waals surface area contributed by atoms with Gasteiger partial charge in [-0.05, 0) is 22.9 Å². The summed E-state index contributed by atoms with van der Waals surface area (Å²) in [6.07, 6.45) is 0. The van der Waals surface area contributed by atoms with Crippen molar-refractivity contribution in [2.45, 2.75) is 11.8 Å². The van der Waals surface area contributed by atoms with Crippen molar-refractivity contribution in [1.82, 2.24) is 0 Å². The van der Waals surface area contributed by atoms with Crippen LogP contribution in [0.2, 0.25) is 0 Å². The first-order valence-corrected chi connectivity index (χ1v) is 10.2. The molecule has 2 heterocycles. The molecule has 3 atom stereocenters. The van der Waals surface area contributed by atoms with Crippen molar-refractivity contribution < 1.29 is 24.2 Å². The first-order chi connectivity index (χ1) is 14.0. The van der Waals surface area contributed by atoms with Crippen LogP contribution in [-0.2, 0) is 19.1 Å². The normalized spacial score (nSPS) is 23.0. The Morgan fingerprint density at radius 3 is 2.10 bits per heavy atom. The van der Waals surface area contributed by atoms with Crippen molar-refractivity contribution in [2.24, 2.45) is 11.3 Å². The van der Waals surface area contributed by atoms with Crippen molar-refractivity contribution in [3.05, 3.63) is 56.1 Å². The summed E-state index contributed by atoms with van der Waals surface area (Å²) in [7, 11) is 2.28. The molecule has 0 saturated heterocycles. The van der Waals surface area contributed by atoms with E-state index < -0.39 is 40.9 Å². The quantitative estimate of drug-likeness (QED) is 0.740. The molecule has 0 bridgehead atoms. The summed E-state index contributed by atoms with van der Waals surface area (Å²) >= 11 is 2.50. The van der Waals surface area contributed by atoms with Crippen molar-refractivity contribution in [1.29, 1.82) is 10.5 Å². The Bertz CT molecular complexity index is 1010. The Morgan fingerprint density at radius 1 is 1.07 bits per heavy atom. The Hall–Kier alpha value is -3.14. The second-order valence-electron chi connectivity index (χ2n) is 6.33. The maximum absolute atomic E-state index is 12.7. The summed E-state index contributed by atoms with van der Waals surface area (Å²) < 4.78 is 9.70. The second-order valence-corrected chi connectivity index (χ2v) is 8.28. The van der Waals surface area contributed by atoms with Crippen LogP contribution in [0.3, 0.4) is 0 Å². The number of carbonyl (C=O) groups excluding carboxylic acids is 2. The van der Waals surface area contributed by atoms with Gasteiger partial charge in [0.1, 0.15) is 11.7 Å². The predicted molar refractivity (Wildman–Crippen MR) is 105 cm³/mol. The molecule has 0 spiro atoms. The number of nitrogens with zero attached hydrogens (tertiary/aromatic N) is 2. The van der Waals surface area contributed by atoms with E-state index in [0.717, 1.165) is 14.2 Å². The van der Waals surface area contributed by atoms with Gasteiger partial charge >= 0.3 is 11.9 Å². The van der Waals surface area contributed by atoms with Gasteiger partial charge < -0.3 is 14.6 Å². The Balaban J connectivity index is 2.44. The summed E-state index contributed by atoms with van der Waals surface area (Å²) in [5, 5.41) is 35.0.